The quantitative estimate of drug-likeness (QED) is 0.377. The zero-order valence-corrected chi connectivity index (χ0v) is 16.4. The molecular weight excluding hydrogens is 346 g/mol. The largest absolute Gasteiger partial charge is 0.357 e. The topological polar surface area (TPSA) is 78.4 Å². The summed E-state index contributed by atoms with van der Waals surface area (Å²) in [4.78, 5) is 21.1. The van der Waals surface area contributed by atoms with Crippen LogP contribution in [0.15, 0.2) is 34.6 Å². The van der Waals surface area contributed by atoms with Gasteiger partial charge in [-0.25, -0.2) is 4.98 Å². The zero-order chi connectivity index (χ0) is 18.8. The standard InChI is InChI=1S/C19H27N5OS/c1-4-20-19(22-9-8-17-13-26-15(3)24-17)23-11-10-21-18(25)16-7-5-6-14(2)12-16/h5-7,12-13H,4,8-11H2,1-3H3,(H,21,25)(H2,20,22,23). The third kappa shape index (κ3) is 6.84. The molecule has 7 heteroatoms. The number of benzene rings is 1. The van der Waals surface area contributed by atoms with Crippen molar-refractivity contribution in [1.29, 1.82) is 0 Å². The van der Waals surface area contributed by atoms with Crippen molar-refractivity contribution in [2.45, 2.75) is 27.2 Å². The van der Waals surface area contributed by atoms with Crippen LogP contribution in [0, 0.1) is 13.8 Å². The van der Waals surface area contributed by atoms with E-state index in [4.69, 9.17) is 0 Å². The van der Waals surface area contributed by atoms with Crippen LogP contribution in [-0.2, 0) is 6.42 Å². The van der Waals surface area contributed by atoms with E-state index in [1.165, 1.54) is 0 Å². The summed E-state index contributed by atoms with van der Waals surface area (Å²) in [5, 5.41) is 12.5. The molecule has 6 nitrogen and oxygen atoms in total. The molecule has 3 N–H and O–H groups in total. The number of aliphatic imine (C=N–C) groups is 1. The third-order valence-electron chi connectivity index (χ3n) is 3.63. The fourth-order valence-electron chi connectivity index (χ4n) is 2.39. The highest BCUT2D eigenvalue weighted by molar-refractivity contribution is 7.09. The fraction of sp³-hybridized carbons (Fsp3) is 0.421. The van der Waals surface area contributed by atoms with Gasteiger partial charge in [-0.1, -0.05) is 17.7 Å². The van der Waals surface area contributed by atoms with Crippen molar-refractivity contribution in [2.75, 3.05) is 26.2 Å². The Morgan fingerprint density at radius 2 is 2.00 bits per heavy atom. The van der Waals surface area contributed by atoms with E-state index in [1.54, 1.807) is 11.3 Å². The Morgan fingerprint density at radius 1 is 1.19 bits per heavy atom. The lowest BCUT2D eigenvalue weighted by Gasteiger charge is -2.12. The predicted molar refractivity (Wildman–Crippen MR) is 108 cm³/mol. The van der Waals surface area contributed by atoms with Gasteiger partial charge in [-0.3, -0.25) is 9.79 Å². The summed E-state index contributed by atoms with van der Waals surface area (Å²) in [5.41, 5.74) is 2.84. The summed E-state index contributed by atoms with van der Waals surface area (Å²) in [6, 6.07) is 7.57. The van der Waals surface area contributed by atoms with E-state index >= 15 is 0 Å². The molecule has 1 amide bonds. The highest BCUT2D eigenvalue weighted by Gasteiger charge is 2.05. The Bertz CT molecular complexity index is 741. The number of aromatic nitrogens is 1. The van der Waals surface area contributed by atoms with Crippen LogP contribution in [0.5, 0.6) is 0 Å². The van der Waals surface area contributed by atoms with E-state index in [1.807, 2.05) is 45.0 Å². The Morgan fingerprint density at radius 3 is 2.69 bits per heavy atom. The average Bonchev–Trinajstić information content (AvgIpc) is 3.03. The maximum Gasteiger partial charge on any atom is 0.251 e. The molecule has 0 unspecified atom stereocenters. The molecule has 26 heavy (non-hydrogen) atoms. The van der Waals surface area contributed by atoms with Crippen LogP contribution in [0.3, 0.4) is 0 Å². The minimum Gasteiger partial charge on any atom is -0.357 e. The molecule has 0 aliphatic carbocycles. The molecule has 0 radical (unpaired) electrons. The maximum absolute atomic E-state index is 12.1. The van der Waals surface area contributed by atoms with Gasteiger partial charge >= 0.3 is 0 Å². The highest BCUT2D eigenvalue weighted by atomic mass is 32.1. The highest BCUT2D eigenvalue weighted by Crippen LogP contribution is 2.08. The summed E-state index contributed by atoms with van der Waals surface area (Å²) in [6.45, 7) is 8.62. The summed E-state index contributed by atoms with van der Waals surface area (Å²) in [6.07, 6.45) is 0.824. The second-order valence-electron chi connectivity index (χ2n) is 5.92. The van der Waals surface area contributed by atoms with Crippen LogP contribution >= 0.6 is 11.3 Å². The number of carbonyl (C=O) groups excluding carboxylic acids is 1. The minimum atomic E-state index is -0.0589. The zero-order valence-electron chi connectivity index (χ0n) is 15.6. The number of amides is 1. The first-order chi connectivity index (χ1) is 12.6. The second kappa shape index (κ2) is 10.6. The number of hydrogen-bond acceptors (Lipinski definition) is 4. The summed E-state index contributed by atoms with van der Waals surface area (Å²) in [5.74, 6) is 0.695. The van der Waals surface area contributed by atoms with Crippen molar-refractivity contribution in [3.63, 3.8) is 0 Å². The third-order valence-corrected chi connectivity index (χ3v) is 4.45. The van der Waals surface area contributed by atoms with Crippen LogP contribution in [0.2, 0.25) is 0 Å². The molecule has 1 heterocycles. The Hall–Kier alpha value is -2.41. The predicted octanol–water partition coefficient (Wildman–Crippen LogP) is 2.29. The van der Waals surface area contributed by atoms with Gasteiger partial charge in [0.15, 0.2) is 5.96 Å². The van der Waals surface area contributed by atoms with Crippen molar-refractivity contribution < 1.29 is 4.79 Å². The molecule has 2 rings (SSSR count). The van der Waals surface area contributed by atoms with Gasteiger partial charge < -0.3 is 16.0 Å². The van der Waals surface area contributed by atoms with Crippen molar-refractivity contribution in [3.8, 4) is 0 Å². The summed E-state index contributed by atoms with van der Waals surface area (Å²) in [7, 11) is 0. The summed E-state index contributed by atoms with van der Waals surface area (Å²) >= 11 is 1.66. The Balaban J connectivity index is 1.73. The van der Waals surface area contributed by atoms with Crippen molar-refractivity contribution in [1.82, 2.24) is 20.9 Å². The molecule has 0 aliphatic heterocycles. The monoisotopic (exact) mass is 373 g/mol. The lowest BCUT2D eigenvalue weighted by molar-refractivity contribution is 0.0954. The van der Waals surface area contributed by atoms with E-state index in [-0.39, 0.29) is 5.91 Å². The number of thiazole rings is 1. The minimum absolute atomic E-state index is 0.0589. The molecule has 0 bridgehead atoms. The number of nitrogens with zero attached hydrogens (tertiary/aromatic N) is 2. The van der Waals surface area contributed by atoms with Gasteiger partial charge in [-0.05, 0) is 32.9 Å². The van der Waals surface area contributed by atoms with Crippen LogP contribution in [0.1, 0.15) is 33.5 Å². The van der Waals surface area contributed by atoms with E-state index in [9.17, 15) is 4.79 Å². The number of carbonyl (C=O) groups is 1. The van der Waals surface area contributed by atoms with E-state index in [2.05, 4.69) is 31.3 Å². The molecule has 1 aromatic carbocycles. The van der Waals surface area contributed by atoms with Crippen LogP contribution in [0.4, 0.5) is 0 Å². The molecule has 0 saturated carbocycles. The molecule has 1 aromatic heterocycles. The van der Waals surface area contributed by atoms with Crippen molar-refractivity contribution in [2.24, 2.45) is 4.99 Å². The fourth-order valence-corrected chi connectivity index (χ4v) is 3.04. The van der Waals surface area contributed by atoms with Gasteiger partial charge in [-0.2, -0.15) is 0 Å². The first-order valence-electron chi connectivity index (χ1n) is 8.86. The lowest BCUT2D eigenvalue weighted by Crippen LogP contribution is -2.41. The summed E-state index contributed by atoms with van der Waals surface area (Å²) < 4.78 is 0. The molecule has 0 atom stereocenters. The first-order valence-corrected chi connectivity index (χ1v) is 9.74. The van der Waals surface area contributed by atoms with Crippen LogP contribution in [0.25, 0.3) is 0 Å². The lowest BCUT2D eigenvalue weighted by atomic mass is 10.1. The van der Waals surface area contributed by atoms with Gasteiger partial charge in [-0.15, -0.1) is 11.3 Å². The van der Waals surface area contributed by atoms with E-state index < -0.39 is 0 Å². The van der Waals surface area contributed by atoms with Gasteiger partial charge in [0, 0.05) is 43.5 Å². The van der Waals surface area contributed by atoms with Crippen LogP contribution in [-0.4, -0.2) is 43.0 Å². The van der Waals surface area contributed by atoms with Crippen molar-refractivity contribution >= 4 is 23.2 Å². The van der Waals surface area contributed by atoms with Crippen LogP contribution < -0.4 is 16.0 Å². The van der Waals surface area contributed by atoms with E-state index in [0.717, 1.165) is 35.2 Å². The second-order valence-corrected chi connectivity index (χ2v) is 6.98. The van der Waals surface area contributed by atoms with Gasteiger partial charge in [0.1, 0.15) is 0 Å². The number of guanidine groups is 1. The number of aryl methyl sites for hydroxylation is 2. The number of nitrogens with one attached hydrogen (secondary N) is 3. The molecule has 0 fully saturated rings. The SMILES string of the molecule is CCNC(=NCCc1csc(C)n1)NCCNC(=O)c1cccc(C)c1. The normalized spacial score (nSPS) is 11.3. The van der Waals surface area contributed by atoms with Gasteiger partial charge in [0.05, 0.1) is 10.7 Å². The molecule has 140 valence electrons. The molecular formula is C19H27N5OS. The van der Waals surface area contributed by atoms with Gasteiger partial charge in [0.25, 0.3) is 5.91 Å². The first kappa shape index (κ1) is 19.9. The maximum atomic E-state index is 12.1. The Labute approximate surface area is 159 Å². The molecule has 0 aliphatic rings. The van der Waals surface area contributed by atoms with Gasteiger partial charge in [0.2, 0.25) is 0 Å². The Kier molecular flexibility index (Phi) is 8.08. The number of rotatable bonds is 8. The average molecular weight is 374 g/mol. The number of hydrogen-bond donors (Lipinski definition) is 3. The molecule has 0 saturated heterocycles. The molecule has 2 aromatic rings. The van der Waals surface area contributed by atoms with E-state index in [0.29, 0.717) is 25.2 Å². The van der Waals surface area contributed by atoms with Crippen molar-refractivity contribution in [3.05, 3.63) is 51.5 Å². The molecule has 0 spiro atoms. The smallest absolute Gasteiger partial charge is 0.251 e.